The lowest BCUT2D eigenvalue weighted by Gasteiger charge is -2.11. The van der Waals surface area contributed by atoms with Crippen LogP contribution in [0.1, 0.15) is 19.8 Å². The lowest BCUT2D eigenvalue weighted by molar-refractivity contribution is -0.132. The summed E-state index contributed by atoms with van der Waals surface area (Å²) in [5.74, 6) is -1.17. The second kappa shape index (κ2) is 6.70. The Morgan fingerprint density at radius 2 is 1.86 bits per heavy atom. The molecule has 0 saturated carbocycles. The molecular formula is C9H15F3O2. The van der Waals surface area contributed by atoms with E-state index in [1.807, 2.05) is 6.92 Å². The number of rotatable bonds is 7. The van der Waals surface area contributed by atoms with Crippen LogP contribution in [0, 0.1) is 0 Å². The molecule has 0 aliphatic carbocycles. The van der Waals surface area contributed by atoms with Crippen LogP contribution in [0.2, 0.25) is 0 Å². The molecule has 0 aromatic carbocycles. The lowest BCUT2D eigenvalue weighted by atomic mass is 10.4. The highest BCUT2D eigenvalue weighted by atomic mass is 19.4. The van der Waals surface area contributed by atoms with Crippen LogP contribution in [-0.4, -0.2) is 26.0 Å². The zero-order valence-electron chi connectivity index (χ0n) is 8.19. The molecule has 0 aliphatic rings. The second-order valence-electron chi connectivity index (χ2n) is 2.74. The van der Waals surface area contributed by atoms with Gasteiger partial charge in [0.2, 0.25) is 0 Å². The fraction of sp³-hybridized carbons (Fsp3) is 0.778. The summed E-state index contributed by atoms with van der Waals surface area (Å²) in [6, 6.07) is 0. The Balaban J connectivity index is 3.33. The highest BCUT2D eigenvalue weighted by Crippen LogP contribution is 2.24. The van der Waals surface area contributed by atoms with Crippen molar-refractivity contribution in [1.82, 2.24) is 0 Å². The van der Waals surface area contributed by atoms with Gasteiger partial charge in [-0.15, -0.1) is 0 Å². The van der Waals surface area contributed by atoms with E-state index < -0.39 is 11.9 Å². The normalized spacial score (nSPS) is 11.4. The maximum atomic E-state index is 11.8. The van der Waals surface area contributed by atoms with E-state index in [1.165, 1.54) is 0 Å². The molecule has 0 amide bonds. The summed E-state index contributed by atoms with van der Waals surface area (Å²) in [6.45, 7) is 5.37. The van der Waals surface area contributed by atoms with Gasteiger partial charge in [-0.2, -0.15) is 13.2 Å². The minimum Gasteiger partial charge on any atom is -0.487 e. The molecule has 2 nitrogen and oxygen atoms in total. The first kappa shape index (κ1) is 13.3. The van der Waals surface area contributed by atoms with Crippen LogP contribution in [0.3, 0.4) is 0 Å². The first-order valence-corrected chi connectivity index (χ1v) is 4.45. The van der Waals surface area contributed by atoms with E-state index >= 15 is 0 Å². The molecule has 0 aromatic heterocycles. The van der Waals surface area contributed by atoms with Crippen molar-refractivity contribution in [2.45, 2.75) is 25.9 Å². The molecule has 5 heteroatoms. The summed E-state index contributed by atoms with van der Waals surface area (Å²) in [6.07, 6.45) is -2.57. The van der Waals surface area contributed by atoms with Crippen LogP contribution >= 0.6 is 0 Å². The second-order valence-corrected chi connectivity index (χ2v) is 2.74. The predicted molar refractivity (Wildman–Crippen MR) is 46.9 cm³/mol. The van der Waals surface area contributed by atoms with Gasteiger partial charge in [0.05, 0.1) is 6.61 Å². The SMILES string of the molecule is C=C(OCCOCCCC)C(F)(F)F. The van der Waals surface area contributed by atoms with E-state index in [0.717, 1.165) is 12.8 Å². The average Bonchev–Trinajstić information content (AvgIpc) is 2.09. The van der Waals surface area contributed by atoms with E-state index in [9.17, 15) is 13.2 Å². The number of ether oxygens (including phenoxy) is 2. The van der Waals surface area contributed by atoms with Gasteiger partial charge in [0.25, 0.3) is 0 Å². The molecule has 0 bridgehead atoms. The van der Waals surface area contributed by atoms with E-state index in [2.05, 4.69) is 11.3 Å². The van der Waals surface area contributed by atoms with Gasteiger partial charge in [0.15, 0.2) is 5.76 Å². The molecule has 0 aromatic rings. The van der Waals surface area contributed by atoms with E-state index in [4.69, 9.17) is 4.74 Å². The summed E-state index contributed by atoms with van der Waals surface area (Å²) in [7, 11) is 0. The van der Waals surface area contributed by atoms with Gasteiger partial charge < -0.3 is 9.47 Å². The van der Waals surface area contributed by atoms with Crippen LogP contribution in [0.15, 0.2) is 12.3 Å². The Labute approximate surface area is 81.7 Å². The van der Waals surface area contributed by atoms with Crippen molar-refractivity contribution in [3.63, 3.8) is 0 Å². The van der Waals surface area contributed by atoms with Crippen LogP contribution in [0.5, 0.6) is 0 Å². The van der Waals surface area contributed by atoms with Crippen molar-refractivity contribution in [3.8, 4) is 0 Å². The third-order valence-corrected chi connectivity index (χ3v) is 1.46. The van der Waals surface area contributed by atoms with Crippen molar-refractivity contribution in [2.24, 2.45) is 0 Å². The van der Waals surface area contributed by atoms with E-state index in [-0.39, 0.29) is 13.2 Å². The summed E-state index contributed by atoms with van der Waals surface area (Å²) in [4.78, 5) is 0. The lowest BCUT2D eigenvalue weighted by Crippen LogP contribution is -2.16. The Morgan fingerprint density at radius 1 is 1.21 bits per heavy atom. The quantitative estimate of drug-likeness (QED) is 0.477. The number of alkyl halides is 3. The molecule has 0 heterocycles. The van der Waals surface area contributed by atoms with Crippen LogP contribution in [0.4, 0.5) is 13.2 Å². The maximum Gasteiger partial charge on any atom is 0.448 e. The topological polar surface area (TPSA) is 18.5 Å². The summed E-state index contributed by atoms with van der Waals surface area (Å²) >= 11 is 0. The Hall–Kier alpha value is -0.710. The molecule has 0 fully saturated rings. The number of unbranched alkanes of at least 4 members (excludes halogenated alkanes) is 1. The Kier molecular flexibility index (Phi) is 6.36. The van der Waals surface area contributed by atoms with Crippen molar-refractivity contribution < 1.29 is 22.6 Å². The molecule has 0 saturated heterocycles. The smallest absolute Gasteiger partial charge is 0.448 e. The van der Waals surface area contributed by atoms with Crippen LogP contribution in [-0.2, 0) is 9.47 Å². The fourth-order valence-electron chi connectivity index (χ4n) is 0.654. The van der Waals surface area contributed by atoms with Crippen molar-refractivity contribution in [2.75, 3.05) is 19.8 Å². The van der Waals surface area contributed by atoms with Gasteiger partial charge in [0, 0.05) is 6.61 Å². The number of hydrogen-bond donors (Lipinski definition) is 0. The van der Waals surface area contributed by atoms with Gasteiger partial charge >= 0.3 is 6.18 Å². The predicted octanol–water partition coefficient (Wildman–Crippen LogP) is 2.90. The standard InChI is InChI=1S/C9H15F3O2/c1-3-4-5-13-6-7-14-8(2)9(10,11)12/h2-7H2,1H3. The number of halogens is 3. The molecular weight excluding hydrogens is 197 g/mol. The van der Waals surface area contributed by atoms with Gasteiger partial charge in [-0.05, 0) is 6.42 Å². The van der Waals surface area contributed by atoms with Gasteiger partial charge in [-0.1, -0.05) is 19.9 Å². The Morgan fingerprint density at radius 3 is 2.36 bits per heavy atom. The maximum absolute atomic E-state index is 11.8. The summed E-state index contributed by atoms with van der Waals surface area (Å²) < 4.78 is 44.8. The molecule has 0 radical (unpaired) electrons. The molecule has 0 rings (SSSR count). The molecule has 0 unspecified atom stereocenters. The van der Waals surface area contributed by atoms with Crippen molar-refractivity contribution >= 4 is 0 Å². The first-order valence-electron chi connectivity index (χ1n) is 4.45. The molecule has 14 heavy (non-hydrogen) atoms. The summed E-state index contributed by atoms with van der Waals surface area (Å²) in [5.41, 5.74) is 0. The highest BCUT2D eigenvalue weighted by molar-refractivity contribution is 4.91. The van der Waals surface area contributed by atoms with E-state index in [1.54, 1.807) is 0 Å². The minimum atomic E-state index is -4.47. The first-order chi connectivity index (χ1) is 6.48. The number of hydrogen-bond acceptors (Lipinski definition) is 2. The zero-order chi connectivity index (χ0) is 11.0. The van der Waals surface area contributed by atoms with Gasteiger partial charge in [-0.25, -0.2) is 0 Å². The Bertz CT molecular complexity index is 166. The monoisotopic (exact) mass is 212 g/mol. The zero-order valence-corrected chi connectivity index (χ0v) is 8.19. The minimum absolute atomic E-state index is 0.109. The van der Waals surface area contributed by atoms with Gasteiger partial charge in [-0.3, -0.25) is 0 Å². The van der Waals surface area contributed by atoms with Gasteiger partial charge in [0.1, 0.15) is 6.61 Å². The third-order valence-electron chi connectivity index (χ3n) is 1.46. The largest absolute Gasteiger partial charge is 0.487 e. The molecule has 0 N–H and O–H groups in total. The molecule has 0 aliphatic heterocycles. The molecule has 84 valence electrons. The average molecular weight is 212 g/mol. The fourth-order valence-corrected chi connectivity index (χ4v) is 0.654. The van der Waals surface area contributed by atoms with Crippen molar-refractivity contribution in [1.29, 1.82) is 0 Å². The van der Waals surface area contributed by atoms with E-state index in [0.29, 0.717) is 6.61 Å². The number of allylic oxidation sites excluding steroid dienone is 1. The van der Waals surface area contributed by atoms with Crippen LogP contribution in [0.25, 0.3) is 0 Å². The van der Waals surface area contributed by atoms with Crippen LogP contribution < -0.4 is 0 Å². The van der Waals surface area contributed by atoms with Crippen molar-refractivity contribution in [3.05, 3.63) is 12.3 Å². The molecule has 0 spiro atoms. The summed E-state index contributed by atoms with van der Waals surface area (Å²) in [5, 5.41) is 0. The molecule has 0 atom stereocenters. The highest BCUT2D eigenvalue weighted by Gasteiger charge is 2.33. The third kappa shape index (κ3) is 6.77.